The third-order valence-corrected chi connectivity index (χ3v) is 3.89. The van der Waals surface area contributed by atoms with Crippen LogP contribution in [0.5, 0.6) is 0 Å². The number of carbonyl (C=O) groups is 3. The molecule has 0 amide bonds. The van der Waals surface area contributed by atoms with Crippen molar-refractivity contribution in [3.63, 3.8) is 0 Å². The van der Waals surface area contributed by atoms with Crippen molar-refractivity contribution in [2.24, 2.45) is 0 Å². The molecule has 1 aliphatic rings. The zero-order valence-corrected chi connectivity index (χ0v) is 12.6. The van der Waals surface area contributed by atoms with E-state index in [0.29, 0.717) is 0 Å². The fourth-order valence-corrected chi connectivity index (χ4v) is 2.54. The van der Waals surface area contributed by atoms with Crippen LogP contribution >= 0.6 is 0 Å². The standard InChI is InChI=1S/C13H20O9/c1-5(14)8(17)10-13(20,7(3)16)12(19,6(2)15)9(18)11(21-4)22-10/h5,9-11,14,18-20H,1-4H3/t5?,9-,10+,11-,12+,13+/m0/s1. The normalized spacial score (nSPS) is 40.1. The highest BCUT2D eigenvalue weighted by Gasteiger charge is 2.71. The van der Waals surface area contributed by atoms with Gasteiger partial charge in [-0.1, -0.05) is 0 Å². The first-order chi connectivity index (χ1) is 9.96. The van der Waals surface area contributed by atoms with Crippen LogP contribution in [0.4, 0.5) is 0 Å². The van der Waals surface area contributed by atoms with E-state index in [1.54, 1.807) is 0 Å². The maximum atomic E-state index is 12.0. The molecule has 1 unspecified atom stereocenters. The topological polar surface area (TPSA) is 151 Å². The van der Waals surface area contributed by atoms with Crippen LogP contribution in [-0.2, 0) is 23.9 Å². The van der Waals surface area contributed by atoms with Gasteiger partial charge >= 0.3 is 0 Å². The lowest BCUT2D eigenvalue weighted by atomic mass is 9.67. The van der Waals surface area contributed by atoms with Crippen molar-refractivity contribution >= 4 is 17.3 Å². The van der Waals surface area contributed by atoms with Gasteiger partial charge in [0.25, 0.3) is 0 Å². The predicted molar refractivity (Wildman–Crippen MR) is 69.6 cm³/mol. The zero-order chi connectivity index (χ0) is 17.5. The molecule has 4 N–H and O–H groups in total. The molecule has 1 aliphatic heterocycles. The van der Waals surface area contributed by atoms with Gasteiger partial charge < -0.3 is 29.9 Å². The lowest BCUT2D eigenvalue weighted by Crippen LogP contribution is -2.80. The summed E-state index contributed by atoms with van der Waals surface area (Å²) in [6.07, 6.45) is -7.53. The Morgan fingerprint density at radius 1 is 1.14 bits per heavy atom. The Hall–Kier alpha value is -1.23. The van der Waals surface area contributed by atoms with Gasteiger partial charge in [0.2, 0.25) is 0 Å². The van der Waals surface area contributed by atoms with Gasteiger partial charge in [0, 0.05) is 7.11 Å². The molecule has 0 aromatic carbocycles. The van der Waals surface area contributed by atoms with E-state index in [-0.39, 0.29) is 0 Å². The summed E-state index contributed by atoms with van der Waals surface area (Å²) in [4.78, 5) is 35.8. The largest absolute Gasteiger partial charge is 0.386 e. The number of Topliss-reactive ketones (excluding diaryl/α,β-unsaturated/α-hetero) is 3. The number of ether oxygens (including phenoxy) is 2. The number of aliphatic hydroxyl groups is 4. The Balaban J connectivity index is 3.60. The maximum Gasteiger partial charge on any atom is 0.194 e. The monoisotopic (exact) mass is 320 g/mol. The van der Waals surface area contributed by atoms with E-state index >= 15 is 0 Å². The SMILES string of the molecule is CO[C@H]1O[C@H](C(=O)C(C)O)[C@](O)(C(C)=O)[C@@](O)(C(C)=O)[C@H]1O. The molecule has 0 bridgehead atoms. The molecule has 22 heavy (non-hydrogen) atoms. The first-order valence-electron chi connectivity index (χ1n) is 6.51. The number of ketones is 3. The van der Waals surface area contributed by atoms with Crippen LogP contribution in [0.15, 0.2) is 0 Å². The number of carbonyl (C=O) groups excluding carboxylic acids is 3. The molecule has 0 saturated carbocycles. The van der Waals surface area contributed by atoms with Crippen molar-refractivity contribution in [3.8, 4) is 0 Å². The van der Waals surface area contributed by atoms with E-state index < -0.39 is 53.2 Å². The van der Waals surface area contributed by atoms with Crippen molar-refractivity contribution in [1.82, 2.24) is 0 Å². The van der Waals surface area contributed by atoms with Gasteiger partial charge in [-0.25, -0.2) is 0 Å². The van der Waals surface area contributed by atoms with Gasteiger partial charge in [0.15, 0.2) is 40.9 Å². The third kappa shape index (κ3) is 2.39. The molecule has 0 spiro atoms. The van der Waals surface area contributed by atoms with Crippen molar-refractivity contribution in [2.45, 2.75) is 56.6 Å². The Labute approximate surface area is 126 Å². The molecule has 6 atom stereocenters. The van der Waals surface area contributed by atoms with E-state index in [4.69, 9.17) is 9.47 Å². The number of hydrogen-bond donors (Lipinski definition) is 4. The molecule has 1 saturated heterocycles. The number of hydrogen-bond acceptors (Lipinski definition) is 9. The Kier molecular flexibility index (Phi) is 5.22. The van der Waals surface area contributed by atoms with E-state index in [9.17, 15) is 34.8 Å². The summed E-state index contributed by atoms with van der Waals surface area (Å²) in [5, 5.41) is 40.6. The van der Waals surface area contributed by atoms with E-state index in [0.717, 1.165) is 27.9 Å². The number of rotatable bonds is 5. The van der Waals surface area contributed by atoms with Crippen LogP contribution in [0.2, 0.25) is 0 Å². The van der Waals surface area contributed by atoms with Crippen LogP contribution in [0.25, 0.3) is 0 Å². The van der Waals surface area contributed by atoms with E-state index in [1.165, 1.54) is 0 Å². The highest BCUT2D eigenvalue weighted by molar-refractivity contribution is 6.04. The summed E-state index contributed by atoms with van der Waals surface area (Å²) in [5.41, 5.74) is -6.10. The smallest absolute Gasteiger partial charge is 0.194 e. The Morgan fingerprint density at radius 3 is 1.91 bits per heavy atom. The van der Waals surface area contributed by atoms with Crippen LogP contribution in [-0.4, -0.2) is 80.7 Å². The fraction of sp³-hybridized carbons (Fsp3) is 0.769. The van der Waals surface area contributed by atoms with Crippen molar-refractivity contribution in [3.05, 3.63) is 0 Å². The van der Waals surface area contributed by atoms with Crippen molar-refractivity contribution < 1.29 is 44.3 Å². The van der Waals surface area contributed by atoms with Gasteiger partial charge in [0.1, 0.15) is 12.2 Å². The molecule has 0 aromatic heterocycles. The number of methoxy groups -OCH3 is 1. The molecular formula is C13H20O9. The van der Waals surface area contributed by atoms with E-state index in [2.05, 4.69) is 0 Å². The molecule has 1 rings (SSSR count). The molecule has 1 heterocycles. The summed E-state index contributed by atoms with van der Waals surface area (Å²) < 4.78 is 9.77. The number of aliphatic hydroxyl groups excluding tert-OH is 2. The quantitative estimate of drug-likeness (QED) is 0.424. The van der Waals surface area contributed by atoms with Crippen LogP contribution in [0.3, 0.4) is 0 Å². The lowest BCUT2D eigenvalue weighted by molar-refractivity contribution is -0.329. The molecule has 9 heteroatoms. The highest BCUT2D eigenvalue weighted by atomic mass is 16.7. The summed E-state index contributed by atoms with van der Waals surface area (Å²) in [7, 11) is 1.07. The minimum atomic E-state index is -3.07. The third-order valence-electron chi connectivity index (χ3n) is 3.89. The van der Waals surface area contributed by atoms with E-state index in [1.807, 2.05) is 0 Å². The minimum absolute atomic E-state index is 0.819. The highest BCUT2D eigenvalue weighted by Crippen LogP contribution is 2.40. The Bertz CT molecular complexity index is 488. The molecular weight excluding hydrogens is 300 g/mol. The minimum Gasteiger partial charge on any atom is -0.386 e. The average molecular weight is 320 g/mol. The summed E-state index contributed by atoms with van der Waals surface area (Å²) in [6, 6.07) is 0. The summed E-state index contributed by atoms with van der Waals surface area (Å²) in [5.74, 6) is -3.49. The molecule has 0 radical (unpaired) electrons. The van der Waals surface area contributed by atoms with Crippen LogP contribution in [0.1, 0.15) is 20.8 Å². The lowest BCUT2D eigenvalue weighted by Gasteiger charge is -2.52. The van der Waals surface area contributed by atoms with Gasteiger partial charge in [-0.3, -0.25) is 14.4 Å². The second-order valence-corrected chi connectivity index (χ2v) is 5.29. The zero-order valence-electron chi connectivity index (χ0n) is 12.6. The summed E-state index contributed by atoms with van der Waals surface area (Å²) >= 11 is 0. The van der Waals surface area contributed by atoms with Crippen molar-refractivity contribution in [2.75, 3.05) is 7.11 Å². The molecule has 0 aromatic rings. The summed E-state index contributed by atoms with van der Waals surface area (Å²) in [6.45, 7) is 2.71. The average Bonchev–Trinajstić information content (AvgIpc) is 2.43. The first-order valence-corrected chi connectivity index (χ1v) is 6.51. The Morgan fingerprint density at radius 2 is 1.59 bits per heavy atom. The van der Waals surface area contributed by atoms with Gasteiger partial charge in [-0.2, -0.15) is 0 Å². The van der Waals surface area contributed by atoms with Crippen molar-refractivity contribution in [1.29, 1.82) is 0 Å². The molecule has 0 aliphatic carbocycles. The maximum absolute atomic E-state index is 12.0. The predicted octanol–water partition coefficient (Wildman–Crippen LogP) is -2.69. The molecule has 9 nitrogen and oxygen atoms in total. The molecule has 126 valence electrons. The van der Waals surface area contributed by atoms with Gasteiger partial charge in [-0.05, 0) is 20.8 Å². The van der Waals surface area contributed by atoms with Gasteiger partial charge in [0.05, 0.1) is 0 Å². The van der Waals surface area contributed by atoms with Gasteiger partial charge in [-0.15, -0.1) is 0 Å². The molecule has 1 fully saturated rings. The second-order valence-electron chi connectivity index (χ2n) is 5.29. The first kappa shape index (κ1) is 18.8. The van der Waals surface area contributed by atoms with Crippen LogP contribution < -0.4 is 0 Å². The van der Waals surface area contributed by atoms with Crippen LogP contribution in [0, 0.1) is 0 Å². The fourth-order valence-electron chi connectivity index (χ4n) is 2.54. The second kappa shape index (κ2) is 6.11.